The van der Waals surface area contributed by atoms with Crippen LogP contribution in [0, 0.1) is 12.3 Å². The number of rotatable bonds is 11. The fourth-order valence-corrected chi connectivity index (χ4v) is 0.968. The summed E-state index contributed by atoms with van der Waals surface area (Å²) in [5.41, 5.74) is 0. The van der Waals surface area contributed by atoms with Crippen molar-refractivity contribution in [3.63, 3.8) is 0 Å². The van der Waals surface area contributed by atoms with Gasteiger partial charge < -0.3 is 24.4 Å². The number of hydrogen-bond acceptors (Lipinski definition) is 5. The topological polar surface area (TPSA) is 68.2 Å². The van der Waals surface area contributed by atoms with E-state index in [0.717, 1.165) is 0 Å². The highest BCUT2D eigenvalue weighted by Gasteiger charge is 2.04. The molecule has 0 radical (unpaired) electrons. The summed E-state index contributed by atoms with van der Waals surface area (Å²) in [5.74, 6) is 2.42. The van der Waals surface area contributed by atoms with E-state index in [1.54, 1.807) is 0 Å². The Labute approximate surface area is 96.3 Å². The highest BCUT2D eigenvalue weighted by molar-refractivity contribution is 4.87. The average molecular weight is 232 g/mol. The molecule has 0 bridgehead atoms. The number of aliphatic hydroxyl groups excluding tert-OH is 2. The third-order valence-electron chi connectivity index (χ3n) is 1.74. The van der Waals surface area contributed by atoms with E-state index in [2.05, 4.69) is 5.92 Å². The SMILES string of the molecule is C#CCC(CO)OCCOCCOCCO. The van der Waals surface area contributed by atoms with Crippen LogP contribution in [0.15, 0.2) is 0 Å². The lowest BCUT2D eigenvalue weighted by Crippen LogP contribution is -2.20. The van der Waals surface area contributed by atoms with Crippen molar-refractivity contribution in [1.29, 1.82) is 0 Å². The Morgan fingerprint density at radius 2 is 1.62 bits per heavy atom. The van der Waals surface area contributed by atoms with E-state index in [-0.39, 0.29) is 19.3 Å². The van der Waals surface area contributed by atoms with Crippen molar-refractivity contribution in [1.82, 2.24) is 0 Å². The van der Waals surface area contributed by atoms with E-state index in [4.69, 9.17) is 30.8 Å². The van der Waals surface area contributed by atoms with Crippen molar-refractivity contribution >= 4 is 0 Å². The van der Waals surface area contributed by atoms with Gasteiger partial charge in [0.05, 0.1) is 52.4 Å². The maximum atomic E-state index is 8.85. The number of ether oxygens (including phenoxy) is 3. The maximum Gasteiger partial charge on any atom is 0.0915 e. The first kappa shape index (κ1) is 15.4. The van der Waals surface area contributed by atoms with Crippen molar-refractivity contribution in [2.24, 2.45) is 0 Å². The van der Waals surface area contributed by atoms with E-state index < -0.39 is 0 Å². The first-order chi connectivity index (χ1) is 7.85. The van der Waals surface area contributed by atoms with E-state index in [9.17, 15) is 0 Å². The third-order valence-corrected chi connectivity index (χ3v) is 1.74. The number of aliphatic hydroxyl groups is 2. The zero-order chi connectivity index (χ0) is 12.1. The van der Waals surface area contributed by atoms with Crippen LogP contribution in [0.4, 0.5) is 0 Å². The van der Waals surface area contributed by atoms with Gasteiger partial charge >= 0.3 is 0 Å². The lowest BCUT2D eigenvalue weighted by atomic mass is 10.3. The van der Waals surface area contributed by atoms with E-state index >= 15 is 0 Å². The fraction of sp³-hybridized carbons (Fsp3) is 0.818. The van der Waals surface area contributed by atoms with Crippen LogP contribution < -0.4 is 0 Å². The molecule has 0 heterocycles. The van der Waals surface area contributed by atoms with E-state index in [0.29, 0.717) is 39.5 Å². The second kappa shape index (κ2) is 12.4. The zero-order valence-corrected chi connectivity index (χ0v) is 9.43. The summed E-state index contributed by atoms with van der Waals surface area (Å²) in [4.78, 5) is 0. The van der Waals surface area contributed by atoms with Crippen LogP contribution in [0.3, 0.4) is 0 Å². The average Bonchev–Trinajstić information content (AvgIpc) is 2.31. The molecule has 1 unspecified atom stereocenters. The van der Waals surface area contributed by atoms with Crippen LogP contribution in [-0.2, 0) is 14.2 Å². The normalized spacial score (nSPS) is 12.3. The minimum absolute atomic E-state index is 0.0212. The summed E-state index contributed by atoms with van der Waals surface area (Å²) >= 11 is 0. The number of hydrogen-bond donors (Lipinski definition) is 2. The van der Waals surface area contributed by atoms with Crippen molar-refractivity contribution < 1.29 is 24.4 Å². The highest BCUT2D eigenvalue weighted by atomic mass is 16.5. The predicted octanol–water partition coefficient (Wildman–Crippen LogP) is -0.587. The summed E-state index contributed by atoms with van der Waals surface area (Å²) in [6.45, 7) is 2.01. The number of terminal acetylenes is 1. The van der Waals surface area contributed by atoms with Gasteiger partial charge in [-0.1, -0.05) is 0 Å². The Morgan fingerprint density at radius 1 is 1.00 bits per heavy atom. The Hall–Kier alpha value is -0.640. The van der Waals surface area contributed by atoms with Crippen LogP contribution in [-0.4, -0.2) is 62.6 Å². The van der Waals surface area contributed by atoms with Crippen LogP contribution in [0.2, 0.25) is 0 Å². The second-order valence-corrected chi connectivity index (χ2v) is 3.03. The van der Waals surface area contributed by atoms with Gasteiger partial charge in [-0.2, -0.15) is 0 Å². The molecule has 0 fully saturated rings. The molecular weight excluding hydrogens is 212 g/mol. The van der Waals surface area contributed by atoms with Crippen LogP contribution in [0.5, 0.6) is 0 Å². The van der Waals surface area contributed by atoms with Crippen molar-refractivity contribution in [3.05, 3.63) is 0 Å². The van der Waals surface area contributed by atoms with Gasteiger partial charge in [0.15, 0.2) is 0 Å². The van der Waals surface area contributed by atoms with Gasteiger partial charge in [-0.15, -0.1) is 12.3 Å². The molecule has 0 aliphatic heterocycles. The summed E-state index contributed by atoms with van der Waals surface area (Å²) in [5, 5.41) is 17.3. The molecule has 16 heavy (non-hydrogen) atoms. The van der Waals surface area contributed by atoms with Gasteiger partial charge in [0, 0.05) is 6.42 Å². The largest absolute Gasteiger partial charge is 0.394 e. The molecule has 0 rings (SSSR count). The quantitative estimate of drug-likeness (QED) is 0.368. The molecule has 0 aromatic rings. The zero-order valence-electron chi connectivity index (χ0n) is 9.43. The van der Waals surface area contributed by atoms with Crippen molar-refractivity contribution in [2.75, 3.05) is 46.2 Å². The molecule has 0 saturated heterocycles. The van der Waals surface area contributed by atoms with Gasteiger partial charge in [0.2, 0.25) is 0 Å². The molecule has 0 aromatic heterocycles. The Morgan fingerprint density at radius 3 is 2.19 bits per heavy atom. The molecule has 0 saturated carbocycles. The molecule has 1 atom stereocenters. The van der Waals surface area contributed by atoms with Gasteiger partial charge in [0.1, 0.15) is 0 Å². The smallest absolute Gasteiger partial charge is 0.0915 e. The molecule has 94 valence electrons. The molecule has 5 nitrogen and oxygen atoms in total. The lowest BCUT2D eigenvalue weighted by molar-refractivity contribution is -0.0282. The maximum absolute atomic E-state index is 8.85. The minimum Gasteiger partial charge on any atom is -0.394 e. The van der Waals surface area contributed by atoms with E-state index in [1.807, 2.05) is 0 Å². The first-order valence-corrected chi connectivity index (χ1v) is 5.27. The van der Waals surface area contributed by atoms with Crippen LogP contribution >= 0.6 is 0 Å². The standard InChI is InChI=1S/C11H20O5/c1-2-3-11(10-13)16-9-8-15-7-6-14-5-4-12/h1,11-13H,3-10H2. The van der Waals surface area contributed by atoms with Gasteiger partial charge in [0.25, 0.3) is 0 Å². The minimum atomic E-state index is -0.306. The highest BCUT2D eigenvalue weighted by Crippen LogP contribution is 1.95. The Balaban J connectivity index is 3.16. The van der Waals surface area contributed by atoms with Crippen LogP contribution in [0.1, 0.15) is 6.42 Å². The monoisotopic (exact) mass is 232 g/mol. The summed E-state index contributed by atoms with van der Waals surface area (Å²) in [6, 6.07) is 0. The second-order valence-electron chi connectivity index (χ2n) is 3.03. The Kier molecular flexibility index (Phi) is 11.9. The van der Waals surface area contributed by atoms with Crippen LogP contribution in [0.25, 0.3) is 0 Å². The van der Waals surface area contributed by atoms with E-state index in [1.165, 1.54) is 0 Å². The summed E-state index contributed by atoms with van der Waals surface area (Å²) in [6.07, 6.45) is 5.19. The van der Waals surface area contributed by atoms with Gasteiger partial charge in [-0.05, 0) is 0 Å². The van der Waals surface area contributed by atoms with Gasteiger partial charge in [-0.25, -0.2) is 0 Å². The molecule has 0 aliphatic rings. The van der Waals surface area contributed by atoms with Crippen molar-refractivity contribution in [3.8, 4) is 12.3 Å². The molecule has 0 amide bonds. The summed E-state index contributed by atoms with van der Waals surface area (Å²) in [7, 11) is 0. The first-order valence-electron chi connectivity index (χ1n) is 5.27. The Bertz CT molecular complexity index is 178. The molecule has 0 aromatic carbocycles. The third kappa shape index (κ3) is 9.90. The predicted molar refractivity (Wildman–Crippen MR) is 59.0 cm³/mol. The lowest BCUT2D eigenvalue weighted by Gasteiger charge is -2.12. The van der Waals surface area contributed by atoms with Crippen molar-refractivity contribution in [2.45, 2.75) is 12.5 Å². The summed E-state index contributed by atoms with van der Waals surface area (Å²) < 4.78 is 15.4. The van der Waals surface area contributed by atoms with Gasteiger partial charge in [-0.3, -0.25) is 0 Å². The molecular formula is C11H20O5. The molecule has 2 N–H and O–H groups in total. The fourth-order valence-electron chi connectivity index (χ4n) is 0.968. The molecule has 0 spiro atoms. The molecule has 0 aliphatic carbocycles. The molecule has 5 heteroatoms.